The van der Waals surface area contributed by atoms with Gasteiger partial charge < -0.3 is 14.2 Å². The van der Waals surface area contributed by atoms with Crippen LogP contribution in [0.3, 0.4) is 0 Å². The van der Waals surface area contributed by atoms with Gasteiger partial charge in [0, 0.05) is 7.05 Å². The molecule has 3 aromatic carbocycles. The van der Waals surface area contributed by atoms with E-state index < -0.39 is 16.0 Å². The summed E-state index contributed by atoms with van der Waals surface area (Å²) in [5, 5.41) is 0.0819. The van der Waals surface area contributed by atoms with Crippen LogP contribution >= 0.6 is 11.6 Å². The quantitative estimate of drug-likeness (QED) is 0.319. The summed E-state index contributed by atoms with van der Waals surface area (Å²) in [4.78, 5) is 12.5. The van der Waals surface area contributed by atoms with Crippen LogP contribution in [0.4, 0.5) is 5.69 Å². The number of carbonyl (C=O) groups is 1. The number of para-hydroxylation sites is 2. The van der Waals surface area contributed by atoms with Gasteiger partial charge in [-0.1, -0.05) is 35.9 Å². The number of halogens is 1. The molecule has 0 aromatic heterocycles. The topological polar surface area (TPSA) is 82.1 Å². The molecule has 0 atom stereocenters. The summed E-state index contributed by atoms with van der Waals surface area (Å²) < 4.78 is 43.5. The first kappa shape index (κ1) is 24.4. The van der Waals surface area contributed by atoms with Gasteiger partial charge in [0.25, 0.3) is 10.0 Å². The molecule has 0 bridgehead atoms. The van der Waals surface area contributed by atoms with Gasteiger partial charge in [0.1, 0.15) is 24.7 Å². The molecule has 0 fully saturated rings. The maximum Gasteiger partial charge on any atom is 0.339 e. The van der Waals surface area contributed by atoms with Crippen molar-refractivity contribution < 1.29 is 27.4 Å². The van der Waals surface area contributed by atoms with Crippen LogP contribution < -0.4 is 13.8 Å². The van der Waals surface area contributed by atoms with Crippen molar-refractivity contribution in [3.63, 3.8) is 0 Å². The van der Waals surface area contributed by atoms with Gasteiger partial charge in [0.15, 0.2) is 0 Å². The van der Waals surface area contributed by atoms with E-state index in [4.69, 9.17) is 25.8 Å². The Balaban J connectivity index is 1.73. The number of sulfonamides is 1. The van der Waals surface area contributed by atoms with E-state index in [-0.39, 0.29) is 28.7 Å². The Morgan fingerprint density at radius 1 is 1.00 bits per heavy atom. The molecule has 0 heterocycles. The number of aryl methyl sites for hydroxylation is 1. The number of nitrogens with zero attached hydrogens (tertiary/aromatic N) is 1. The van der Waals surface area contributed by atoms with Crippen LogP contribution in [0.15, 0.2) is 71.6 Å². The van der Waals surface area contributed by atoms with Gasteiger partial charge in [-0.25, -0.2) is 13.2 Å². The number of anilines is 1. The van der Waals surface area contributed by atoms with E-state index in [1.54, 1.807) is 30.3 Å². The van der Waals surface area contributed by atoms with Gasteiger partial charge in [0.2, 0.25) is 0 Å². The second-order valence-electron chi connectivity index (χ2n) is 7.09. The van der Waals surface area contributed by atoms with E-state index in [1.165, 1.54) is 32.4 Å². The Bertz CT molecular complexity index is 1250. The fourth-order valence-corrected chi connectivity index (χ4v) is 4.50. The van der Waals surface area contributed by atoms with E-state index in [1.807, 2.05) is 25.1 Å². The normalized spacial score (nSPS) is 11.0. The lowest BCUT2D eigenvalue weighted by molar-refractivity contribution is 0.0450. The Morgan fingerprint density at radius 2 is 1.76 bits per heavy atom. The van der Waals surface area contributed by atoms with Crippen molar-refractivity contribution in [1.82, 2.24) is 0 Å². The smallest absolute Gasteiger partial charge is 0.339 e. The molecule has 0 saturated carbocycles. The van der Waals surface area contributed by atoms with Crippen LogP contribution in [0.25, 0.3) is 0 Å². The Labute approximate surface area is 198 Å². The van der Waals surface area contributed by atoms with E-state index in [9.17, 15) is 13.2 Å². The number of hydrogen-bond acceptors (Lipinski definition) is 6. The van der Waals surface area contributed by atoms with Gasteiger partial charge in [0.05, 0.1) is 28.3 Å². The minimum absolute atomic E-state index is 0.0266. The zero-order valence-corrected chi connectivity index (χ0v) is 20.0. The number of rotatable bonds is 9. The highest BCUT2D eigenvalue weighted by Gasteiger charge is 2.26. The van der Waals surface area contributed by atoms with Gasteiger partial charge in [-0.2, -0.15) is 0 Å². The summed E-state index contributed by atoms with van der Waals surface area (Å²) in [6.07, 6.45) is 0. The Kier molecular flexibility index (Phi) is 7.84. The van der Waals surface area contributed by atoms with Gasteiger partial charge in [-0.3, -0.25) is 4.31 Å². The zero-order valence-electron chi connectivity index (χ0n) is 18.4. The third kappa shape index (κ3) is 5.77. The largest absolute Gasteiger partial charge is 0.495 e. The predicted octanol–water partition coefficient (Wildman–Crippen LogP) is 4.72. The first-order chi connectivity index (χ1) is 15.7. The molecule has 0 saturated heterocycles. The lowest BCUT2D eigenvalue weighted by Crippen LogP contribution is -2.27. The number of methoxy groups -OCH3 is 1. The van der Waals surface area contributed by atoms with Crippen molar-refractivity contribution in [2.75, 3.05) is 31.7 Å². The molecule has 0 radical (unpaired) electrons. The number of benzene rings is 3. The van der Waals surface area contributed by atoms with Crippen molar-refractivity contribution in [3.05, 3.63) is 82.9 Å². The molecular weight excluding hydrogens is 466 g/mol. The first-order valence-corrected chi connectivity index (χ1v) is 11.8. The van der Waals surface area contributed by atoms with Crippen LogP contribution in [0.1, 0.15) is 15.9 Å². The molecule has 7 nitrogen and oxygen atoms in total. The Morgan fingerprint density at radius 3 is 2.48 bits per heavy atom. The highest BCUT2D eigenvalue weighted by Crippen LogP contribution is 2.32. The van der Waals surface area contributed by atoms with E-state index in [2.05, 4.69) is 0 Å². The summed E-state index contributed by atoms with van der Waals surface area (Å²) in [6, 6.07) is 18.1. The van der Waals surface area contributed by atoms with E-state index >= 15 is 0 Å². The molecule has 174 valence electrons. The Hall–Kier alpha value is -3.23. The minimum atomic E-state index is -4.00. The van der Waals surface area contributed by atoms with Crippen molar-refractivity contribution in [3.8, 4) is 11.5 Å². The van der Waals surface area contributed by atoms with Gasteiger partial charge in [-0.15, -0.1) is 0 Å². The molecule has 33 heavy (non-hydrogen) atoms. The molecule has 0 aliphatic carbocycles. The highest BCUT2D eigenvalue weighted by atomic mass is 35.5. The first-order valence-electron chi connectivity index (χ1n) is 10.0. The maximum atomic E-state index is 13.2. The summed E-state index contributed by atoms with van der Waals surface area (Å²) >= 11 is 6.15. The summed E-state index contributed by atoms with van der Waals surface area (Å²) in [5.74, 6) is 0.312. The molecule has 3 aromatic rings. The predicted molar refractivity (Wildman–Crippen MR) is 127 cm³/mol. The third-order valence-electron chi connectivity index (χ3n) is 4.82. The lowest BCUT2D eigenvalue weighted by Gasteiger charge is -2.22. The second kappa shape index (κ2) is 10.6. The molecule has 0 N–H and O–H groups in total. The molecule has 0 aliphatic rings. The number of hydrogen-bond donors (Lipinski definition) is 0. The molecule has 0 aliphatic heterocycles. The molecule has 9 heteroatoms. The second-order valence-corrected chi connectivity index (χ2v) is 9.46. The van der Waals surface area contributed by atoms with Crippen molar-refractivity contribution >= 4 is 33.3 Å². The monoisotopic (exact) mass is 489 g/mol. The standard InChI is InChI=1S/C24H24ClNO6S/c1-17-7-6-8-18(15-17)31-13-14-32-24(27)20-16-19(11-12-21(20)25)33(28,29)26(2)22-9-4-5-10-23(22)30-3/h4-12,15-16H,13-14H2,1-3H3. The van der Waals surface area contributed by atoms with Gasteiger partial charge >= 0.3 is 5.97 Å². The minimum Gasteiger partial charge on any atom is -0.495 e. The van der Waals surface area contributed by atoms with E-state index in [0.29, 0.717) is 17.2 Å². The summed E-state index contributed by atoms with van der Waals surface area (Å²) in [5.41, 5.74) is 1.35. The molecule has 0 unspecified atom stereocenters. The fraction of sp³-hybridized carbons (Fsp3) is 0.208. The van der Waals surface area contributed by atoms with Gasteiger partial charge in [-0.05, 0) is 55.0 Å². The highest BCUT2D eigenvalue weighted by molar-refractivity contribution is 7.92. The lowest BCUT2D eigenvalue weighted by atomic mass is 10.2. The molecule has 0 amide bonds. The number of carbonyl (C=O) groups excluding carboxylic acids is 1. The number of ether oxygens (including phenoxy) is 3. The SMILES string of the molecule is COc1ccccc1N(C)S(=O)(=O)c1ccc(Cl)c(C(=O)OCCOc2cccc(C)c2)c1. The van der Waals surface area contributed by atoms with Crippen molar-refractivity contribution in [2.24, 2.45) is 0 Å². The van der Waals surface area contributed by atoms with Crippen LogP contribution in [-0.4, -0.2) is 41.8 Å². The fourth-order valence-electron chi connectivity index (χ4n) is 3.08. The van der Waals surface area contributed by atoms with Crippen LogP contribution in [0.5, 0.6) is 11.5 Å². The number of esters is 1. The zero-order chi connectivity index (χ0) is 24.0. The maximum absolute atomic E-state index is 13.2. The molecule has 0 spiro atoms. The van der Waals surface area contributed by atoms with Crippen LogP contribution in [0.2, 0.25) is 5.02 Å². The van der Waals surface area contributed by atoms with Crippen molar-refractivity contribution in [1.29, 1.82) is 0 Å². The summed E-state index contributed by atoms with van der Waals surface area (Å²) in [6.45, 7) is 2.06. The van der Waals surface area contributed by atoms with Crippen LogP contribution in [-0.2, 0) is 14.8 Å². The van der Waals surface area contributed by atoms with Crippen molar-refractivity contribution in [2.45, 2.75) is 11.8 Å². The molecule has 3 rings (SSSR count). The third-order valence-corrected chi connectivity index (χ3v) is 6.91. The average Bonchev–Trinajstić information content (AvgIpc) is 2.81. The van der Waals surface area contributed by atoms with E-state index in [0.717, 1.165) is 9.87 Å². The van der Waals surface area contributed by atoms with Crippen LogP contribution in [0, 0.1) is 6.92 Å². The molecular formula is C24H24ClNO6S. The average molecular weight is 490 g/mol. The summed E-state index contributed by atoms with van der Waals surface area (Å²) in [7, 11) is -1.14.